The van der Waals surface area contributed by atoms with Crippen LogP contribution in [0.5, 0.6) is 5.75 Å². The Balaban J connectivity index is 1.74. The summed E-state index contributed by atoms with van der Waals surface area (Å²) >= 11 is 6.33. The Morgan fingerprint density at radius 1 is 1.03 bits per heavy atom. The molecule has 1 amide bonds. The molecule has 0 heterocycles. The second-order valence-electron chi connectivity index (χ2n) is 8.62. The third-order valence-electron chi connectivity index (χ3n) is 5.49. The van der Waals surface area contributed by atoms with Crippen LogP contribution in [-0.2, 0) is 6.42 Å². The van der Waals surface area contributed by atoms with Crippen molar-refractivity contribution in [2.24, 2.45) is 0 Å². The van der Waals surface area contributed by atoms with E-state index in [1.807, 2.05) is 32.0 Å². The molecule has 3 aromatic carbocycles. The zero-order valence-corrected chi connectivity index (χ0v) is 20.7. The van der Waals surface area contributed by atoms with E-state index in [1.54, 1.807) is 18.2 Å². The number of carbonyl (C=O) groups excluding carboxylic acids is 1. The molecular weight excluding hydrogens is 448 g/mol. The van der Waals surface area contributed by atoms with Gasteiger partial charge in [-0.2, -0.15) is 0 Å². The number of aliphatic hydroxyl groups excluding tert-OH is 1. The van der Waals surface area contributed by atoms with Gasteiger partial charge in [0.2, 0.25) is 0 Å². The minimum atomic E-state index is -0.202. The molecule has 0 fully saturated rings. The predicted octanol–water partition coefficient (Wildman–Crippen LogP) is 5.03. The standard InChI is InChI=1S/C28H33ClN2O3/c1-19(2)34-27-12-11-24(17-26(27)29)28(33)31-25(18-30-13-14-32)16-22-9-10-23(15-20(22)3)21-7-5-4-6-8-21/h4-12,15,17,19,25,30,32H,13-14,16,18H2,1-3H3,(H,31,33)/t25-/m0/s1. The highest BCUT2D eigenvalue weighted by Crippen LogP contribution is 2.27. The fraction of sp³-hybridized carbons (Fsp3) is 0.321. The summed E-state index contributed by atoms with van der Waals surface area (Å²) in [6.07, 6.45) is 0.656. The molecule has 0 saturated heterocycles. The molecular formula is C28H33ClN2O3. The van der Waals surface area contributed by atoms with Gasteiger partial charge in [-0.3, -0.25) is 4.79 Å². The Morgan fingerprint density at radius 2 is 1.79 bits per heavy atom. The first-order valence-electron chi connectivity index (χ1n) is 11.6. The summed E-state index contributed by atoms with van der Waals surface area (Å²) in [6, 6.07) is 21.6. The van der Waals surface area contributed by atoms with Gasteiger partial charge in [0, 0.05) is 24.7 Å². The van der Waals surface area contributed by atoms with Gasteiger partial charge in [-0.15, -0.1) is 0 Å². The lowest BCUT2D eigenvalue weighted by molar-refractivity contribution is 0.0936. The molecule has 0 saturated carbocycles. The molecule has 0 spiro atoms. The van der Waals surface area contributed by atoms with Crippen LogP contribution >= 0.6 is 11.6 Å². The van der Waals surface area contributed by atoms with Gasteiger partial charge >= 0.3 is 0 Å². The van der Waals surface area contributed by atoms with Gasteiger partial charge in [0.05, 0.1) is 17.7 Å². The molecule has 0 aliphatic rings. The number of aryl methyl sites for hydroxylation is 1. The summed E-state index contributed by atoms with van der Waals surface area (Å²) in [5, 5.41) is 15.9. The maximum absolute atomic E-state index is 13.0. The summed E-state index contributed by atoms with van der Waals surface area (Å²) < 4.78 is 5.66. The Morgan fingerprint density at radius 3 is 2.44 bits per heavy atom. The van der Waals surface area contributed by atoms with Crippen molar-refractivity contribution in [3.8, 4) is 16.9 Å². The van der Waals surface area contributed by atoms with Crippen LogP contribution in [0.25, 0.3) is 11.1 Å². The fourth-order valence-electron chi connectivity index (χ4n) is 3.79. The largest absolute Gasteiger partial charge is 0.489 e. The molecule has 5 nitrogen and oxygen atoms in total. The van der Waals surface area contributed by atoms with Crippen LogP contribution in [0, 0.1) is 6.92 Å². The highest BCUT2D eigenvalue weighted by molar-refractivity contribution is 6.32. The Bertz CT molecular complexity index is 1090. The van der Waals surface area contributed by atoms with Crippen molar-refractivity contribution in [1.82, 2.24) is 10.6 Å². The van der Waals surface area contributed by atoms with Crippen molar-refractivity contribution < 1.29 is 14.6 Å². The van der Waals surface area contributed by atoms with E-state index in [1.165, 1.54) is 16.7 Å². The molecule has 0 aromatic heterocycles. The highest BCUT2D eigenvalue weighted by atomic mass is 35.5. The number of amides is 1. The van der Waals surface area contributed by atoms with Crippen molar-refractivity contribution >= 4 is 17.5 Å². The second-order valence-corrected chi connectivity index (χ2v) is 9.03. The first kappa shape index (κ1) is 25.8. The SMILES string of the molecule is Cc1cc(-c2ccccc2)ccc1C[C@@H](CNCCO)NC(=O)c1ccc(OC(C)C)c(Cl)c1. The van der Waals surface area contributed by atoms with Crippen molar-refractivity contribution in [1.29, 1.82) is 0 Å². The zero-order chi connectivity index (χ0) is 24.5. The highest BCUT2D eigenvalue weighted by Gasteiger charge is 2.17. The number of nitrogens with one attached hydrogen (secondary N) is 2. The molecule has 180 valence electrons. The van der Waals surface area contributed by atoms with E-state index in [4.69, 9.17) is 21.4 Å². The summed E-state index contributed by atoms with van der Waals surface area (Å²) in [6.45, 7) is 6.98. The molecule has 3 rings (SSSR count). The van der Waals surface area contributed by atoms with E-state index >= 15 is 0 Å². The van der Waals surface area contributed by atoms with Gasteiger partial charge in [-0.25, -0.2) is 0 Å². The number of halogens is 1. The number of hydrogen-bond donors (Lipinski definition) is 3. The Hall–Kier alpha value is -2.86. The quantitative estimate of drug-likeness (QED) is 0.337. The van der Waals surface area contributed by atoms with Gasteiger partial charge in [0.25, 0.3) is 5.91 Å². The van der Waals surface area contributed by atoms with Crippen LogP contribution in [0.1, 0.15) is 35.3 Å². The van der Waals surface area contributed by atoms with Gasteiger partial charge in [0.15, 0.2) is 0 Å². The van der Waals surface area contributed by atoms with E-state index in [9.17, 15) is 4.79 Å². The number of benzene rings is 3. The van der Waals surface area contributed by atoms with Crippen molar-refractivity contribution in [2.75, 3.05) is 19.7 Å². The topological polar surface area (TPSA) is 70.6 Å². The number of carbonyl (C=O) groups is 1. The van der Waals surface area contributed by atoms with E-state index < -0.39 is 0 Å². The van der Waals surface area contributed by atoms with Gasteiger partial charge in [-0.1, -0.05) is 60.1 Å². The van der Waals surface area contributed by atoms with E-state index in [0.29, 0.717) is 35.8 Å². The van der Waals surface area contributed by atoms with Crippen LogP contribution < -0.4 is 15.4 Å². The maximum atomic E-state index is 13.0. The average molecular weight is 481 g/mol. The van der Waals surface area contributed by atoms with Crippen LogP contribution in [-0.4, -0.2) is 42.9 Å². The number of ether oxygens (including phenoxy) is 1. The summed E-state index contributed by atoms with van der Waals surface area (Å²) in [7, 11) is 0. The van der Waals surface area contributed by atoms with E-state index in [0.717, 1.165) is 5.56 Å². The third kappa shape index (κ3) is 7.32. The molecule has 3 aromatic rings. The number of rotatable bonds is 11. The number of hydrogen-bond acceptors (Lipinski definition) is 4. The van der Waals surface area contributed by atoms with Crippen LogP contribution in [0.4, 0.5) is 0 Å². The smallest absolute Gasteiger partial charge is 0.251 e. The average Bonchev–Trinajstić information content (AvgIpc) is 2.82. The number of aliphatic hydroxyl groups is 1. The lowest BCUT2D eigenvalue weighted by Gasteiger charge is -2.21. The molecule has 34 heavy (non-hydrogen) atoms. The van der Waals surface area contributed by atoms with Gasteiger partial charge < -0.3 is 20.5 Å². The van der Waals surface area contributed by atoms with Gasteiger partial charge in [0.1, 0.15) is 5.75 Å². The van der Waals surface area contributed by atoms with Crippen LogP contribution in [0.3, 0.4) is 0 Å². The summed E-state index contributed by atoms with van der Waals surface area (Å²) in [5.74, 6) is 0.357. The lowest BCUT2D eigenvalue weighted by Crippen LogP contribution is -2.44. The molecule has 0 aliphatic heterocycles. The second kappa shape index (κ2) is 12.6. The fourth-order valence-corrected chi connectivity index (χ4v) is 4.02. The normalized spacial score (nSPS) is 11.9. The molecule has 3 N–H and O–H groups in total. The van der Waals surface area contributed by atoms with Crippen molar-refractivity contribution in [2.45, 2.75) is 39.3 Å². The van der Waals surface area contributed by atoms with Crippen molar-refractivity contribution in [3.63, 3.8) is 0 Å². The Labute approximate surface area is 207 Å². The minimum absolute atomic E-state index is 0.00400. The first-order chi connectivity index (χ1) is 16.4. The van der Waals surface area contributed by atoms with Gasteiger partial charge in [-0.05, 0) is 67.6 Å². The predicted molar refractivity (Wildman–Crippen MR) is 139 cm³/mol. The third-order valence-corrected chi connectivity index (χ3v) is 5.78. The zero-order valence-electron chi connectivity index (χ0n) is 20.0. The molecule has 1 atom stereocenters. The summed E-state index contributed by atoms with van der Waals surface area (Å²) in [4.78, 5) is 13.0. The molecule has 0 radical (unpaired) electrons. The van der Waals surface area contributed by atoms with Crippen molar-refractivity contribution in [3.05, 3.63) is 88.4 Å². The first-order valence-corrected chi connectivity index (χ1v) is 12.0. The monoisotopic (exact) mass is 480 g/mol. The minimum Gasteiger partial charge on any atom is -0.489 e. The molecule has 0 bridgehead atoms. The van der Waals surface area contributed by atoms with Crippen LogP contribution in [0.2, 0.25) is 5.02 Å². The summed E-state index contributed by atoms with van der Waals surface area (Å²) in [5.41, 5.74) is 5.15. The maximum Gasteiger partial charge on any atom is 0.251 e. The van der Waals surface area contributed by atoms with E-state index in [-0.39, 0.29) is 24.7 Å². The lowest BCUT2D eigenvalue weighted by atomic mass is 9.96. The molecule has 0 aliphatic carbocycles. The van der Waals surface area contributed by atoms with E-state index in [2.05, 4.69) is 47.9 Å². The van der Waals surface area contributed by atoms with Crippen LogP contribution in [0.15, 0.2) is 66.7 Å². The molecule has 0 unspecified atom stereocenters. The molecule has 6 heteroatoms. The Kier molecular flexibility index (Phi) is 9.52.